The van der Waals surface area contributed by atoms with Crippen molar-refractivity contribution in [2.75, 3.05) is 0 Å². The van der Waals surface area contributed by atoms with Gasteiger partial charge in [0.15, 0.2) is 0 Å². The lowest BCUT2D eigenvalue weighted by molar-refractivity contribution is -0.384. The summed E-state index contributed by atoms with van der Waals surface area (Å²) < 4.78 is 1.54. The summed E-state index contributed by atoms with van der Waals surface area (Å²) in [5.74, 6) is 0. The summed E-state index contributed by atoms with van der Waals surface area (Å²) in [5.41, 5.74) is 1.53. The molecule has 8 heteroatoms. The standard InChI is InChI=1S/C13H11N5O3/c14-5-2-6-17-9-11(8-15-19)13(16-17)10-3-1-4-12(7-10)18(20)21/h1,3-4,7,9H,2,6,8H2. The number of hydrogen-bond donors (Lipinski definition) is 0. The van der Waals surface area contributed by atoms with Crippen LogP contribution in [0.5, 0.6) is 0 Å². The van der Waals surface area contributed by atoms with E-state index in [0.717, 1.165) is 0 Å². The third-order valence-electron chi connectivity index (χ3n) is 2.86. The van der Waals surface area contributed by atoms with Gasteiger partial charge in [0.2, 0.25) is 0 Å². The summed E-state index contributed by atoms with van der Waals surface area (Å²) in [6, 6.07) is 8.02. The quantitative estimate of drug-likeness (QED) is 0.459. The molecule has 0 aliphatic heterocycles. The number of nitro groups is 1. The molecular formula is C13H11N5O3. The molecule has 0 fully saturated rings. The zero-order chi connectivity index (χ0) is 15.2. The lowest BCUT2D eigenvalue weighted by Gasteiger charge is -1.99. The van der Waals surface area contributed by atoms with Crippen molar-refractivity contribution in [1.29, 1.82) is 5.26 Å². The van der Waals surface area contributed by atoms with Gasteiger partial charge in [-0.25, -0.2) is 0 Å². The van der Waals surface area contributed by atoms with E-state index in [1.165, 1.54) is 16.8 Å². The molecule has 0 bridgehead atoms. The molecule has 21 heavy (non-hydrogen) atoms. The predicted molar refractivity (Wildman–Crippen MR) is 74.0 cm³/mol. The lowest BCUT2D eigenvalue weighted by atomic mass is 10.1. The third kappa shape index (κ3) is 3.27. The van der Waals surface area contributed by atoms with Crippen molar-refractivity contribution in [2.24, 2.45) is 5.18 Å². The van der Waals surface area contributed by atoms with Crippen LogP contribution in [0, 0.1) is 26.4 Å². The maximum absolute atomic E-state index is 10.8. The van der Waals surface area contributed by atoms with Crippen LogP contribution in [-0.4, -0.2) is 14.7 Å². The van der Waals surface area contributed by atoms with E-state index < -0.39 is 4.92 Å². The Balaban J connectivity index is 2.43. The zero-order valence-corrected chi connectivity index (χ0v) is 11.0. The molecule has 2 aromatic rings. The van der Waals surface area contributed by atoms with Crippen LogP contribution in [0.2, 0.25) is 0 Å². The van der Waals surface area contributed by atoms with Crippen LogP contribution in [0.4, 0.5) is 5.69 Å². The molecule has 0 aliphatic rings. The van der Waals surface area contributed by atoms with E-state index in [-0.39, 0.29) is 18.7 Å². The third-order valence-corrected chi connectivity index (χ3v) is 2.86. The molecule has 0 spiro atoms. The van der Waals surface area contributed by atoms with Crippen LogP contribution in [0.1, 0.15) is 12.0 Å². The monoisotopic (exact) mass is 285 g/mol. The largest absolute Gasteiger partial charge is 0.271 e. The highest BCUT2D eigenvalue weighted by Crippen LogP contribution is 2.26. The maximum Gasteiger partial charge on any atom is 0.270 e. The van der Waals surface area contributed by atoms with Gasteiger partial charge in [-0.05, 0) is 0 Å². The number of aryl methyl sites for hydroxylation is 1. The van der Waals surface area contributed by atoms with Crippen molar-refractivity contribution in [3.8, 4) is 17.3 Å². The van der Waals surface area contributed by atoms with Gasteiger partial charge < -0.3 is 0 Å². The second-order valence-electron chi connectivity index (χ2n) is 4.27. The van der Waals surface area contributed by atoms with Gasteiger partial charge in [0.1, 0.15) is 6.54 Å². The Hall–Kier alpha value is -3.08. The van der Waals surface area contributed by atoms with Crippen molar-refractivity contribution in [2.45, 2.75) is 19.5 Å². The Morgan fingerprint density at radius 1 is 1.48 bits per heavy atom. The first-order chi connectivity index (χ1) is 10.2. The smallest absolute Gasteiger partial charge is 0.270 e. The number of rotatable bonds is 6. The van der Waals surface area contributed by atoms with E-state index in [4.69, 9.17) is 5.26 Å². The Morgan fingerprint density at radius 2 is 2.29 bits per heavy atom. The molecule has 1 aromatic heterocycles. The Bertz CT molecular complexity index is 717. The highest BCUT2D eigenvalue weighted by atomic mass is 16.6. The summed E-state index contributed by atoms with van der Waals surface area (Å²) >= 11 is 0. The molecule has 0 N–H and O–H groups in total. The van der Waals surface area contributed by atoms with Gasteiger partial charge in [-0.15, -0.1) is 0 Å². The lowest BCUT2D eigenvalue weighted by Crippen LogP contribution is -1.97. The Kier molecular flexibility index (Phi) is 4.36. The van der Waals surface area contributed by atoms with E-state index in [2.05, 4.69) is 10.3 Å². The number of benzene rings is 1. The number of nitro benzene ring substituents is 1. The average molecular weight is 285 g/mol. The minimum atomic E-state index is -0.492. The van der Waals surface area contributed by atoms with E-state index in [1.807, 2.05) is 6.07 Å². The molecule has 106 valence electrons. The summed E-state index contributed by atoms with van der Waals surface area (Å²) in [6.45, 7) is 0.307. The number of non-ortho nitro benzene ring substituents is 1. The van der Waals surface area contributed by atoms with Crippen molar-refractivity contribution < 1.29 is 4.92 Å². The summed E-state index contributed by atoms with van der Waals surface area (Å²) in [4.78, 5) is 20.8. The summed E-state index contributed by atoms with van der Waals surface area (Å²) in [7, 11) is 0. The molecule has 0 saturated heterocycles. The van der Waals surface area contributed by atoms with Crippen molar-refractivity contribution in [3.05, 3.63) is 51.0 Å². The molecule has 1 heterocycles. The van der Waals surface area contributed by atoms with Crippen molar-refractivity contribution in [3.63, 3.8) is 0 Å². The number of nitrogens with zero attached hydrogens (tertiary/aromatic N) is 5. The first-order valence-electron chi connectivity index (χ1n) is 6.13. The Morgan fingerprint density at radius 3 is 2.95 bits per heavy atom. The van der Waals surface area contributed by atoms with Gasteiger partial charge in [-0.3, -0.25) is 14.8 Å². The molecule has 0 saturated carbocycles. The molecule has 0 unspecified atom stereocenters. The van der Waals surface area contributed by atoms with E-state index in [0.29, 0.717) is 23.4 Å². The van der Waals surface area contributed by atoms with Crippen LogP contribution in [0.25, 0.3) is 11.3 Å². The minimum absolute atomic E-state index is 0.0518. The van der Waals surface area contributed by atoms with Gasteiger partial charge in [0.05, 0.1) is 29.7 Å². The van der Waals surface area contributed by atoms with E-state index in [1.54, 1.807) is 18.3 Å². The fraction of sp³-hybridized carbons (Fsp3) is 0.231. The van der Waals surface area contributed by atoms with Gasteiger partial charge in [0, 0.05) is 29.5 Å². The van der Waals surface area contributed by atoms with Gasteiger partial charge in [0.25, 0.3) is 5.69 Å². The van der Waals surface area contributed by atoms with Gasteiger partial charge in [-0.2, -0.15) is 15.3 Å². The number of nitriles is 1. The second kappa shape index (κ2) is 6.38. The molecule has 2 rings (SSSR count). The number of aromatic nitrogens is 2. The second-order valence-corrected chi connectivity index (χ2v) is 4.27. The molecule has 0 radical (unpaired) electrons. The van der Waals surface area contributed by atoms with Crippen LogP contribution in [0.3, 0.4) is 0 Å². The highest BCUT2D eigenvalue weighted by molar-refractivity contribution is 5.65. The predicted octanol–water partition coefficient (Wildman–Crippen LogP) is 2.64. The number of nitroso groups, excluding NO2 is 1. The molecular weight excluding hydrogens is 274 g/mol. The van der Waals surface area contributed by atoms with Gasteiger partial charge in [-0.1, -0.05) is 17.3 Å². The Labute approximate surface area is 119 Å². The van der Waals surface area contributed by atoms with E-state index in [9.17, 15) is 15.0 Å². The summed E-state index contributed by atoms with van der Waals surface area (Å²) in [5, 5.41) is 26.5. The van der Waals surface area contributed by atoms with Crippen LogP contribution in [-0.2, 0) is 13.1 Å². The fourth-order valence-electron chi connectivity index (χ4n) is 1.94. The average Bonchev–Trinajstić information content (AvgIpc) is 2.88. The SMILES string of the molecule is N#CCCn1cc(CN=O)c(-c2cccc([N+](=O)[O-])c2)n1. The maximum atomic E-state index is 10.8. The van der Waals surface area contributed by atoms with Gasteiger partial charge >= 0.3 is 0 Å². The highest BCUT2D eigenvalue weighted by Gasteiger charge is 2.14. The van der Waals surface area contributed by atoms with Crippen molar-refractivity contribution in [1.82, 2.24) is 9.78 Å². The zero-order valence-electron chi connectivity index (χ0n) is 11.0. The molecule has 8 nitrogen and oxygen atoms in total. The van der Waals surface area contributed by atoms with Crippen molar-refractivity contribution >= 4 is 5.69 Å². The summed E-state index contributed by atoms with van der Waals surface area (Å²) in [6.07, 6.45) is 1.91. The van der Waals surface area contributed by atoms with Crippen LogP contribution in [0.15, 0.2) is 35.6 Å². The first-order valence-corrected chi connectivity index (χ1v) is 6.13. The minimum Gasteiger partial charge on any atom is -0.271 e. The first kappa shape index (κ1) is 14.3. The topological polar surface area (TPSA) is 114 Å². The van der Waals surface area contributed by atoms with E-state index >= 15 is 0 Å². The normalized spacial score (nSPS) is 10.0. The van der Waals surface area contributed by atoms with Crippen LogP contribution < -0.4 is 0 Å². The number of hydrogen-bond acceptors (Lipinski definition) is 6. The molecule has 0 amide bonds. The molecule has 0 aliphatic carbocycles. The molecule has 0 atom stereocenters. The van der Waals surface area contributed by atoms with Crippen LogP contribution >= 0.6 is 0 Å². The fourth-order valence-corrected chi connectivity index (χ4v) is 1.94. The molecule has 1 aromatic carbocycles.